The van der Waals surface area contributed by atoms with Crippen molar-refractivity contribution in [3.8, 4) is 0 Å². The number of hydrogen-bond donors (Lipinski definition) is 1. The van der Waals surface area contributed by atoms with Crippen LogP contribution in [0.15, 0.2) is 23.1 Å². The largest absolute Gasteiger partial charge is 0.242 e. The molecule has 7 heteroatoms. The molecule has 5 nitrogen and oxygen atoms in total. The predicted molar refractivity (Wildman–Crippen MR) is 79.2 cm³/mol. The van der Waals surface area contributed by atoms with Gasteiger partial charge in [0, 0.05) is 6.54 Å². The van der Waals surface area contributed by atoms with Crippen molar-refractivity contribution in [1.29, 1.82) is 0 Å². The monoisotopic (exact) mass is 311 g/mol. The Morgan fingerprint density at radius 1 is 1.20 bits per heavy atom. The molecule has 108 valence electrons. The van der Waals surface area contributed by atoms with Crippen LogP contribution in [0.5, 0.6) is 0 Å². The zero-order valence-corrected chi connectivity index (χ0v) is 12.7. The molecule has 1 N–H and O–H groups in total. The fourth-order valence-corrected chi connectivity index (χ4v) is 4.58. The van der Waals surface area contributed by atoms with E-state index in [2.05, 4.69) is 13.5 Å². The van der Waals surface area contributed by atoms with Gasteiger partial charge in [0.05, 0.1) is 11.7 Å². The minimum Gasteiger partial charge on any atom is -0.211 e. The molecule has 0 spiro atoms. The predicted octanol–water partition coefficient (Wildman–Crippen LogP) is 2.55. The molecule has 0 radical (unpaired) electrons. The van der Waals surface area contributed by atoms with E-state index in [1.54, 1.807) is 18.2 Å². The molecule has 1 aromatic carbocycles. The van der Waals surface area contributed by atoms with Crippen molar-refractivity contribution in [3.05, 3.63) is 18.2 Å². The lowest BCUT2D eigenvalue weighted by Crippen LogP contribution is -2.30. The van der Waals surface area contributed by atoms with Gasteiger partial charge in [0.1, 0.15) is 15.9 Å². The third-order valence-electron chi connectivity index (χ3n) is 3.83. The Bertz CT molecular complexity index is 690. The van der Waals surface area contributed by atoms with E-state index in [-0.39, 0.29) is 4.90 Å². The molecule has 1 fully saturated rings. The van der Waals surface area contributed by atoms with Crippen molar-refractivity contribution in [1.82, 2.24) is 13.5 Å². The van der Waals surface area contributed by atoms with Crippen molar-refractivity contribution >= 4 is 32.8 Å². The smallest absolute Gasteiger partial charge is 0.211 e. The van der Waals surface area contributed by atoms with Gasteiger partial charge in [-0.3, -0.25) is 0 Å². The molecule has 0 unspecified atom stereocenters. The first-order valence-corrected chi connectivity index (χ1v) is 9.09. The average molecular weight is 311 g/mol. The summed E-state index contributed by atoms with van der Waals surface area (Å²) in [5.74, 6) is 0.464. The normalized spacial score (nSPS) is 17.6. The van der Waals surface area contributed by atoms with Gasteiger partial charge in [-0.1, -0.05) is 25.3 Å². The average Bonchev–Trinajstić information content (AvgIpc) is 2.94. The molecule has 0 bridgehead atoms. The summed E-state index contributed by atoms with van der Waals surface area (Å²) in [5, 5.41) is 0. The van der Waals surface area contributed by atoms with Gasteiger partial charge in [-0.15, -0.1) is 0 Å². The van der Waals surface area contributed by atoms with Crippen LogP contribution in [0.2, 0.25) is 0 Å². The highest BCUT2D eigenvalue weighted by molar-refractivity contribution is 7.89. The lowest BCUT2D eigenvalue weighted by atomic mass is 9.90. The summed E-state index contributed by atoms with van der Waals surface area (Å²) in [4.78, 5) is 0.236. The minimum absolute atomic E-state index is 0.236. The van der Waals surface area contributed by atoms with Crippen molar-refractivity contribution in [2.75, 3.05) is 6.54 Å². The molecular formula is C13H17N3O2S2. The molecule has 1 heterocycles. The topological polar surface area (TPSA) is 72.0 Å². The van der Waals surface area contributed by atoms with Crippen LogP contribution in [0.1, 0.15) is 32.1 Å². The molecule has 0 atom stereocenters. The number of fused-ring (bicyclic) bond motifs is 1. The van der Waals surface area contributed by atoms with Gasteiger partial charge in [0.15, 0.2) is 0 Å². The number of sulfonamides is 1. The number of rotatable bonds is 4. The first-order valence-electron chi connectivity index (χ1n) is 6.88. The van der Waals surface area contributed by atoms with E-state index in [1.807, 2.05) is 0 Å². The molecule has 0 saturated heterocycles. The van der Waals surface area contributed by atoms with Crippen LogP contribution in [0.4, 0.5) is 0 Å². The zero-order valence-electron chi connectivity index (χ0n) is 11.1. The van der Waals surface area contributed by atoms with E-state index in [0.29, 0.717) is 23.5 Å². The van der Waals surface area contributed by atoms with Crippen LogP contribution in [0, 0.1) is 5.92 Å². The standard InChI is InChI=1S/C13H17N3O2S2/c17-20(18,14-9-10-5-2-1-3-6-10)12-8-4-7-11-13(12)16-19-15-11/h4,7-8,10,14H,1-3,5-6,9H2. The van der Waals surface area contributed by atoms with Gasteiger partial charge in [-0.05, 0) is 30.9 Å². The Kier molecular flexibility index (Phi) is 4.00. The summed E-state index contributed by atoms with van der Waals surface area (Å²) < 4.78 is 35.7. The third-order valence-corrected chi connectivity index (χ3v) is 5.82. The summed E-state index contributed by atoms with van der Waals surface area (Å²) in [6, 6.07) is 5.07. The van der Waals surface area contributed by atoms with Crippen molar-refractivity contribution < 1.29 is 8.42 Å². The Balaban J connectivity index is 1.79. The first kappa shape index (κ1) is 13.9. The zero-order chi connectivity index (χ0) is 14.0. The number of benzene rings is 1. The van der Waals surface area contributed by atoms with E-state index in [0.717, 1.165) is 24.6 Å². The number of nitrogens with zero attached hydrogens (tertiary/aromatic N) is 2. The maximum Gasteiger partial charge on any atom is 0.242 e. The first-order chi connectivity index (χ1) is 9.67. The van der Waals surface area contributed by atoms with E-state index < -0.39 is 10.0 Å². The highest BCUT2D eigenvalue weighted by atomic mass is 32.2. The fraction of sp³-hybridized carbons (Fsp3) is 0.538. The maximum atomic E-state index is 12.4. The second kappa shape index (κ2) is 5.75. The molecule has 2 aromatic rings. The SMILES string of the molecule is O=S(=O)(NCC1CCCCC1)c1cccc2nsnc12. The minimum atomic E-state index is -3.50. The van der Waals surface area contributed by atoms with Crippen molar-refractivity contribution in [2.24, 2.45) is 5.92 Å². The molecule has 0 amide bonds. The lowest BCUT2D eigenvalue weighted by molar-refractivity contribution is 0.357. The van der Waals surface area contributed by atoms with E-state index in [1.165, 1.54) is 19.3 Å². The summed E-state index contributed by atoms with van der Waals surface area (Å²) in [6.45, 7) is 0.524. The Morgan fingerprint density at radius 2 is 2.00 bits per heavy atom. The van der Waals surface area contributed by atoms with Gasteiger partial charge < -0.3 is 0 Å². The second-order valence-corrected chi connectivity index (χ2v) is 7.51. The number of aromatic nitrogens is 2. The van der Waals surface area contributed by atoms with Crippen molar-refractivity contribution in [3.63, 3.8) is 0 Å². The molecule has 1 aliphatic rings. The van der Waals surface area contributed by atoms with Crippen LogP contribution in [-0.2, 0) is 10.0 Å². The van der Waals surface area contributed by atoms with Gasteiger partial charge in [-0.25, -0.2) is 13.1 Å². The van der Waals surface area contributed by atoms with Gasteiger partial charge >= 0.3 is 0 Å². The summed E-state index contributed by atoms with van der Waals surface area (Å²) >= 11 is 1.04. The van der Waals surface area contributed by atoms with E-state index in [9.17, 15) is 8.42 Å². The third kappa shape index (κ3) is 2.84. The molecule has 1 saturated carbocycles. The van der Waals surface area contributed by atoms with Crippen molar-refractivity contribution in [2.45, 2.75) is 37.0 Å². The van der Waals surface area contributed by atoms with Crippen LogP contribution < -0.4 is 4.72 Å². The fourth-order valence-electron chi connectivity index (χ4n) is 2.69. The van der Waals surface area contributed by atoms with Crippen LogP contribution in [0.3, 0.4) is 0 Å². The molecule has 0 aliphatic heterocycles. The summed E-state index contributed by atoms with van der Waals surface area (Å²) in [6.07, 6.45) is 5.92. The van der Waals surface area contributed by atoms with Gasteiger partial charge in [-0.2, -0.15) is 8.75 Å². The Morgan fingerprint density at radius 3 is 2.80 bits per heavy atom. The second-order valence-electron chi connectivity index (χ2n) is 5.24. The lowest BCUT2D eigenvalue weighted by Gasteiger charge is -2.21. The molecule has 1 aliphatic carbocycles. The maximum absolute atomic E-state index is 12.4. The van der Waals surface area contributed by atoms with Crippen LogP contribution in [-0.4, -0.2) is 23.7 Å². The summed E-state index contributed by atoms with van der Waals surface area (Å²) in [7, 11) is -3.50. The Labute approximate surface area is 122 Å². The number of hydrogen-bond acceptors (Lipinski definition) is 5. The Hall–Kier alpha value is -1.05. The quantitative estimate of drug-likeness (QED) is 0.942. The molecule has 20 heavy (non-hydrogen) atoms. The van der Waals surface area contributed by atoms with Gasteiger partial charge in [0.2, 0.25) is 10.0 Å². The highest BCUT2D eigenvalue weighted by Crippen LogP contribution is 2.24. The molecule has 3 rings (SSSR count). The molecule has 1 aromatic heterocycles. The molecular weight excluding hydrogens is 294 g/mol. The highest BCUT2D eigenvalue weighted by Gasteiger charge is 2.21. The number of nitrogens with one attached hydrogen (secondary N) is 1. The van der Waals surface area contributed by atoms with Gasteiger partial charge in [0.25, 0.3) is 0 Å². The van der Waals surface area contributed by atoms with Crippen LogP contribution in [0.25, 0.3) is 11.0 Å². The van der Waals surface area contributed by atoms with Crippen LogP contribution >= 0.6 is 11.7 Å². The summed E-state index contributed by atoms with van der Waals surface area (Å²) in [5.41, 5.74) is 1.10. The van der Waals surface area contributed by atoms with E-state index >= 15 is 0 Å². The van der Waals surface area contributed by atoms with E-state index in [4.69, 9.17) is 0 Å².